The van der Waals surface area contributed by atoms with Gasteiger partial charge in [0.15, 0.2) is 6.29 Å². The van der Waals surface area contributed by atoms with Crippen LogP contribution in [0.2, 0.25) is 0 Å². The molecule has 0 aromatic carbocycles. The van der Waals surface area contributed by atoms with Gasteiger partial charge < -0.3 is 29.9 Å². The summed E-state index contributed by atoms with van der Waals surface area (Å²) < 4.78 is 11.7. The molecule has 0 radical (unpaired) electrons. The molecule has 4 bridgehead atoms. The lowest BCUT2D eigenvalue weighted by molar-refractivity contribution is -0.341. The zero-order valence-corrected chi connectivity index (χ0v) is 12.7. The van der Waals surface area contributed by atoms with Gasteiger partial charge >= 0.3 is 0 Å². The fraction of sp³-hybridized carbons (Fsp3) is 1.00. The number of hydrogen-bond donors (Lipinski definition) is 4. The van der Waals surface area contributed by atoms with Gasteiger partial charge in [0.2, 0.25) is 0 Å². The molecule has 6 nitrogen and oxygen atoms in total. The Hall–Kier alpha value is -0.240. The average molecular weight is 314 g/mol. The van der Waals surface area contributed by atoms with Gasteiger partial charge in [-0.05, 0) is 56.3 Å². The molecule has 126 valence electrons. The highest BCUT2D eigenvalue weighted by Gasteiger charge is 2.55. The van der Waals surface area contributed by atoms with Crippen molar-refractivity contribution in [3.8, 4) is 0 Å². The first-order valence-corrected chi connectivity index (χ1v) is 8.48. The van der Waals surface area contributed by atoms with E-state index in [9.17, 15) is 20.4 Å². The Balaban J connectivity index is 1.50. The largest absolute Gasteiger partial charge is 0.394 e. The van der Waals surface area contributed by atoms with E-state index in [1.54, 1.807) is 0 Å². The van der Waals surface area contributed by atoms with Crippen LogP contribution in [0.5, 0.6) is 0 Å². The van der Waals surface area contributed by atoms with Crippen LogP contribution >= 0.6 is 0 Å². The molecule has 22 heavy (non-hydrogen) atoms. The predicted octanol–water partition coefficient (Wildman–Crippen LogP) is -0.228. The Kier molecular flexibility index (Phi) is 3.75. The Labute approximate surface area is 130 Å². The number of aliphatic hydroxyl groups is 4. The third-order valence-electron chi connectivity index (χ3n) is 6.20. The van der Waals surface area contributed by atoms with Crippen LogP contribution in [0.3, 0.4) is 0 Å². The van der Waals surface area contributed by atoms with E-state index >= 15 is 0 Å². The highest BCUT2D eigenvalue weighted by molar-refractivity contribution is 5.04. The van der Waals surface area contributed by atoms with Gasteiger partial charge in [0, 0.05) is 0 Å². The minimum atomic E-state index is -1.36. The molecule has 0 aromatic rings. The van der Waals surface area contributed by atoms with Crippen molar-refractivity contribution in [3.63, 3.8) is 0 Å². The summed E-state index contributed by atoms with van der Waals surface area (Å²) in [5, 5.41) is 39.2. The van der Waals surface area contributed by atoms with E-state index in [0.717, 1.165) is 19.3 Å². The zero-order chi connectivity index (χ0) is 15.5. The lowest BCUT2D eigenvalue weighted by atomic mass is 9.54. The van der Waals surface area contributed by atoms with Crippen LogP contribution in [0, 0.1) is 17.8 Å². The first-order valence-electron chi connectivity index (χ1n) is 8.48. The van der Waals surface area contributed by atoms with Gasteiger partial charge in [0.25, 0.3) is 0 Å². The second kappa shape index (κ2) is 5.40. The molecule has 6 heteroatoms. The van der Waals surface area contributed by atoms with Gasteiger partial charge in [-0.3, -0.25) is 0 Å². The minimum Gasteiger partial charge on any atom is -0.394 e. The Bertz CT molecular complexity index is 390. The summed E-state index contributed by atoms with van der Waals surface area (Å²) in [5.41, 5.74) is -0.261. The van der Waals surface area contributed by atoms with Crippen LogP contribution in [0.1, 0.15) is 38.5 Å². The quantitative estimate of drug-likeness (QED) is 0.574. The van der Waals surface area contributed by atoms with E-state index in [-0.39, 0.29) is 5.60 Å². The predicted molar refractivity (Wildman–Crippen MR) is 75.8 cm³/mol. The Morgan fingerprint density at radius 1 is 0.864 bits per heavy atom. The van der Waals surface area contributed by atoms with Crippen molar-refractivity contribution in [3.05, 3.63) is 0 Å². The van der Waals surface area contributed by atoms with E-state index < -0.39 is 37.3 Å². The maximum Gasteiger partial charge on any atom is 0.187 e. The number of hydrogen-bond acceptors (Lipinski definition) is 6. The Morgan fingerprint density at radius 3 is 1.91 bits per heavy atom. The highest BCUT2D eigenvalue weighted by Crippen LogP contribution is 2.57. The molecule has 0 unspecified atom stereocenters. The molecule has 5 fully saturated rings. The first kappa shape index (κ1) is 15.3. The normalized spacial score (nSPS) is 57.3. The van der Waals surface area contributed by atoms with Gasteiger partial charge in [-0.1, -0.05) is 0 Å². The average Bonchev–Trinajstić information content (AvgIpc) is 2.46. The summed E-state index contributed by atoms with van der Waals surface area (Å²) in [6, 6.07) is 0. The molecular formula is C16H26O6. The van der Waals surface area contributed by atoms with Crippen molar-refractivity contribution in [1.29, 1.82) is 0 Å². The third-order valence-corrected chi connectivity index (χ3v) is 6.20. The second-order valence-corrected chi connectivity index (χ2v) is 7.92. The van der Waals surface area contributed by atoms with E-state index in [4.69, 9.17) is 9.47 Å². The van der Waals surface area contributed by atoms with Crippen LogP contribution in [0.25, 0.3) is 0 Å². The van der Waals surface area contributed by atoms with Crippen LogP contribution in [0.15, 0.2) is 0 Å². The summed E-state index contributed by atoms with van der Waals surface area (Å²) in [7, 11) is 0. The standard InChI is InChI=1S/C16H26O6/c17-7-11-12(18)13(19)14(20)15(21-11)22-16-4-8-1-9(5-16)3-10(2-8)6-16/h8-15,17-20H,1-7H2/t8?,9?,10?,11-,12-,13+,14+,15+,16?/m1/s1. The maximum atomic E-state index is 10.2. The van der Waals surface area contributed by atoms with Crippen molar-refractivity contribution >= 4 is 0 Å². The molecule has 4 N–H and O–H groups in total. The highest BCUT2D eigenvalue weighted by atomic mass is 16.7. The van der Waals surface area contributed by atoms with Crippen LogP contribution in [0.4, 0.5) is 0 Å². The molecule has 5 aliphatic rings. The molecule has 5 rings (SSSR count). The molecule has 1 saturated heterocycles. The summed E-state index contributed by atoms with van der Waals surface area (Å²) in [6.07, 6.45) is 1.01. The molecule has 4 saturated carbocycles. The first-order chi connectivity index (χ1) is 10.5. The van der Waals surface area contributed by atoms with E-state index in [0.29, 0.717) is 17.8 Å². The molecule has 1 aliphatic heterocycles. The SMILES string of the molecule is OC[C@H]1O[C@@H](OC23CC4CC(CC(C4)C2)C3)[C@@H](O)[C@@H](O)[C@@H]1O. The van der Waals surface area contributed by atoms with Crippen molar-refractivity contribution in [1.82, 2.24) is 0 Å². The van der Waals surface area contributed by atoms with Crippen LogP contribution in [-0.4, -0.2) is 63.3 Å². The van der Waals surface area contributed by atoms with Crippen molar-refractivity contribution in [2.24, 2.45) is 17.8 Å². The van der Waals surface area contributed by atoms with E-state index in [1.807, 2.05) is 0 Å². The monoisotopic (exact) mass is 314 g/mol. The summed E-state index contributed by atoms with van der Waals surface area (Å²) in [6.45, 7) is -0.411. The van der Waals surface area contributed by atoms with Gasteiger partial charge in [-0.2, -0.15) is 0 Å². The molecular weight excluding hydrogens is 288 g/mol. The van der Waals surface area contributed by atoms with Gasteiger partial charge in [0.05, 0.1) is 12.2 Å². The van der Waals surface area contributed by atoms with Crippen molar-refractivity contribution in [2.45, 2.75) is 74.8 Å². The fourth-order valence-corrected chi connectivity index (χ4v) is 5.59. The van der Waals surface area contributed by atoms with Crippen LogP contribution < -0.4 is 0 Å². The Morgan fingerprint density at radius 2 is 1.41 bits per heavy atom. The van der Waals surface area contributed by atoms with Crippen molar-refractivity contribution in [2.75, 3.05) is 6.61 Å². The number of ether oxygens (including phenoxy) is 2. The zero-order valence-electron chi connectivity index (χ0n) is 12.7. The molecule has 0 aromatic heterocycles. The van der Waals surface area contributed by atoms with Gasteiger partial charge in [0.1, 0.15) is 24.4 Å². The minimum absolute atomic E-state index is 0.261. The summed E-state index contributed by atoms with van der Waals surface area (Å²) in [5.74, 6) is 2.11. The van der Waals surface area contributed by atoms with E-state index in [2.05, 4.69) is 0 Å². The van der Waals surface area contributed by atoms with E-state index in [1.165, 1.54) is 19.3 Å². The molecule has 5 atom stereocenters. The van der Waals surface area contributed by atoms with Crippen LogP contribution in [-0.2, 0) is 9.47 Å². The van der Waals surface area contributed by atoms with Crippen molar-refractivity contribution < 1.29 is 29.9 Å². The molecule has 1 heterocycles. The molecule has 0 amide bonds. The van der Waals surface area contributed by atoms with Gasteiger partial charge in [-0.25, -0.2) is 0 Å². The second-order valence-electron chi connectivity index (χ2n) is 7.92. The fourth-order valence-electron chi connectivity index (χ4n) is 5.59. The maximum absolute atomic E-state index is 10.2. The topological polar surface area (TPSA) is 99.4 Å². The summed E-state index contributed by atoms with van der Waals surface area (Å²) in [4.78, 5) is 0. The smallest absolute Gasteiger partial charge is 0.187 e. The lowest BCUT2D eigenvalue weighted by Crippen LogP contribution is -2.62. The number of rotatable bonds is 3. The molecule has 4 aliphatic carbocycles. The lowest BCUT2D eigenvalue weighted by Gasteiger charge is -2.57. The summed E-state index contributed by atoms with van der Waals surface area (Å²) >= 11 is 0. The molecule has 0 spiro atoms. The number of aliphatic hydroxyl groups excluding tert-OH is 4. The third kappa shape index (κ3) is 2.41. The van der Waals surface area contributed by atoms with Gasteiger partial charge in [-0.15, -0.1) is 0 Å².